The zero-order valence-electron chi connectivity index (χ0n) is 10.8. The van der Waals surface area contributed by atoms with Crippen LogP contribution in [0.4, 0.5) is 5.69 Å². The van der Waals surface area contributed by atoms with Crippen LogP contribution in [-0.2, 0) is 6.54 Å². The van der Waals surface area contributed by atoms with E-state index in [0.29, 0.717) is 17.1 Å². The number of carbonyl (C=O) groups is 1. The Kier molecular flexibility index (Phi) is 3.42. The standard InChI is InChI=1S/C14H13N3OS2/c1-8-3-2-4-9-11(15)13(20-12(8)9)14(18)17-7-10-16-5-6-19-10/h2-6H,7,15H2,1H3,(H,17,18). The molecule has 0 aliphatic carbocycles. The van der Waals surface area contributed by atoms with Crippen LogP contribution in [0.5, 0.6) is 0 Å². The molecule has 20 heavy (non-hydrogen) atoms. The van der Waals surface area contributed by atoms with E-state index >= 15 is 0 Å². The quantitative estimate of drug-likeness (QED) is 0.781. The Morgan fingerprint density at radius 3 is 3.00 bits per heavy atom. The first-order valence-corrected chi connectivity index (χ1v) is 7.80. The van der Waals surface area contributed by atoms with Gasteiger partial charge in [0.25, 0.3) is 5.91 Å². The molecule has 2 aromatic heterocycles. The zero-order valence-corrected chi connectivity index (χ0v) is 12.5. The van der Waals surface area contributed by atoms with Gasteiger partial charge in [-0.2, -0.15) is 0 Å². The number of nitrogens with one attached hydrogen (secondary N) is 1. The van der Waals surface area contributed by atoms with Crippen molar-refractivity contribution in [1.82, 2.24) is 10.3 Å². The van der Waals surface area contributed by atoms with Crippen molar-refractivity contribution in [2.75, 3.05) is 5.73 Å². The molecule has 0 bridgehead atoms. The first kappa shape index (κ1) is 13.1. The summed E-state index contributed by atoms with van der Waals surface area (Å²) in [7, 11) is 0. The summed E-state index contributed by atoms with van der Waals surface area (Å²) in [5.41, 5.74) is 7.79. The maximum Gasteiger partial charge on any atom is 0.263 e. The number of rotatable bonds is 3. The van der Waals surface area contributed by atoms with E-state index in [0.717, 1.165) is 20.7 Å². The molecule has 102 valence electrons. The van der Waals surface area contributed by atoms with Crippen molar-refractivity contribution in [2.24, 2.45) is 0 Å². The lowest BCUT2D eigenvalue weighted by molar-refractivity contribution is 0.0956. The van der Waals surface area contributed by atoms with E-state index in [4.69, 9.17) is 5.73 Å². The molecule has 0 spiro atoms. The van der Waals surface area contributed by atoms with E-state index in [-0.39, 0.29) is 5.91 Å². The minimum atomic E-state index is -0.140. The third kappa shape index (κ3) is 2.28. The summed E-state index contributed by atoms with van der Waals surface area (Å²) < 4.78 is 1.07. The number of benzene rings is 1. The Balaban J connectivity index is 1.88. The van der Waals surface area contributed by atoms with Crippen LogP contribution in [-0.4, -0.2) is 10.9 Å². The maximum atomic E-state index is 12.2. The second kappa shape index (κ2) is 5.22. The lowest BCUT2D eigenvalue weighted by atomic mass is 10.1. The van der Waals surface area contributed by atoms with Crippen molar-refractivity contribution in [3.05, 3.63) is 45.2 Å². The molecule has 0 unspecified atom stereocenters. The van der Waals surface area contributed by atoms with Crippen LogP contribution in [0.3, 0.4) is 0 Å². The van der Waals surface area contributed by atoms with Crippen LogP contribution in [0.1, 0.15) is 20.2 Å². The molecule has 0 aliphatic heterocycles. The number of carbonyl (C=O) groups excluding carboxylic acids is 1. The predicted octanol–water partition coefficient (Wildman–Crippen LogP) is 3.18. The fraction of sp³-hybridized carbons (Fsp3) is 0.143. The highest BCUT2D eigenvalue weighted by Gasteiger charge is 2.17. The largest absolute Gasteiger partial charge is 0.397 e. The van der Waals surface area contributed by atoms with Gasteiger partial charge in [0.05, 0.1) is 12.2 Å². The van der Waals surface area contributed by atoms with Crippen LogP contribution >= 0.6 is 22.7 Å². The molecule has 4 nitrogen and oxygen atoms in total. The highest BCUT2D eigenvalue weighted by atomic mass is 32.1. The second-order valence-electron chi connectivity index (χ2n) is 4.40. The first-order valence-electron chi connectivity index (χ1n) is 6.11. The molecule has 0 fully saturated rings. The van der Waals surface area contributed by atoms with Crippen LogP contribution in [0.25, 0.3) is 10.1 Å². The lowest BCUT2D eigenvalue weighted by Crippen LogP contribution is -2.22. The number of aromatic nitrogens is 1. The Labute approximate surface area is 124 Å². The normalized spacial score (nSPS) is 10.8. The maximum absolute atomic E-state index is 12.2. The molecular weight excluding hydrogens is 290 g/mol. The Hall–Kier alpha value is -1.92. The second-order valence-corrected chi connectivity index (χ2v) is 6.40. The molecule has 0 atom stereocenters. The van der Waals surface area contributed by atoms with Crippen molar-refractivity contribution in [3.63, 3.8) is 0 Å². The summed E-state index contributed by atoms with van der Waals surface area (Å²) in [6.07, 6.45) is 1.73. The summed E-state index contributed by atoms with van der Waals surface area (Å²) in [5.74, 6) is -0.140. The molecular formula is C14H13N3OS2. The number of aryl methyl sites for hydroxylation is 1. The monoisotopic (exact) mass is 303 g/mol. The number of hydrogen-bond acceptors (Lipinski definition) is 5. The van der Waals surface area contributed by atoms with Crippen molar-refractivity contribution < 1.29 is 4.79 Å². The zero-order chi connectivity index (χ0) is 14.1. The van der Waals surface area contributed by atoms with Gasteiger partial charge in [-0.25, -0.2) is 4.98 Å². The smallest absolute Gasteiger partial charge is 0.263 e. The van der Waals surface area contributed by atoms with E-state index in [1.165, 1.54) is 22.7 Å². The molecule has 0 aliphatic rings. The molecule has 0 saturated carbocycles. The molecule has 1 amide bonds. The third-order valence-corrected chi connectivity index (χ3v) is 5.18. The van der Waals surface area contributed by atoms with Gasteiger partial charge in [0, 0.05) is 21.7 Å². The fourth-order valence-corrected chi connectivity index (χ4v) is 3.69. The van der Waals surface area contributed by atoms with E-state index in [9.17, 15) is 4.79 Å². The average Bonchev–Trinajstić information content (AvgIpc) is 3.06. The van der Waals surface area contributed by atoms with Crippen LogP contribution < -0.4 is 11.1 Å². The Morgan fingerprint density at radius 2 is 2.30 bits per heavy atom. The third-order valence-electron chi connectivity index (χ3n) is 3.04. The van der Waals surface area contributed by atoms with Crippen molar-refractivity contribution >= 4 is 44.4 Å². The summed E-state index contributed by atoms with van der Waals surface area (Å²) in [5, 5.41) is 6.59. The number of thiazole rings is 1. The number of nitrogens with two attached hydrogens (primary N) is 1. The number of hydrogen-bond donors (Lipinski definition) is 2. The highest BCUT2D eigenvalue weighted by molar-refractivity contribution is 7.21. The highest BCUT2D eigenvalue weighted by Crippen LogP contribution is 2.35. The van der Waals surface area contributed by atoms with Gasteiger partial charge in [0.15, 0.2) is 0 Å². The Morgan fingerprint density at radius 1 is 1.45 bits per heavy atom. The average molecular weight is 303 g/mol. The van der Waals surface area contributed by atoms with Gasteiger partial charge in [0.1, 0.15) is 9.88 Å². The van der Waals surface area contributed by atoms with Crippen LogP contribution in [0.15, 0.2) is 29.8 Å². The number of fused-ring (bicyclic) bond motifs is 1. The van der Waals surface area contributed by atoms with Gasteiger partial charge in [-0.1, -0.05) is 18.2 Å². The minimum Gasteiger partial charge on any atom is -0.397 e. The number of anilines is 1. The van der Waals surface area contributed by atoms with Gasteiger partial charge < -0.3 is 11.1 Å². The van der Waals surface area contributed by atoms with Crippen molar-refractivity contribution in [3.8, 4) is 0 Å². The summed E-state index contributed by atoms with van der Waals surface area (Å²) in [6, 6.07) is 5.93. The van der Waals surface area contributed by atoms with E-state index in [1.807, 2.05) is 30.5 Å². The molecule has 6 heteroatoms. The number of thiophene rings is 1. The summed E-state index contributed by atoms with van der Waals surface area (Å²) in [4.78, 5) is 16.9. The number of nitrogens with zero attached hydrogens (tertiary/aromatic N) is 1. The predicted molar refractivity (Wildman–Crippen MR) is 84.3 cm³/mol. The van der Waals surface area contributed by atoms with Gasteiger partial charge in [-0.3, -0.25) is 4.79 Å². The van der Waals surface area contributed by atoms with E-state index in [1.54, 1.807) is 6.20 Å². The molecule has 0 saturated heterocycles. The minimum absolute atomic E-state index is 0.140. The fourth-order valence-electron chi connectivity index (χ4n) is 2.02. The molecule has 2 heterocycles. The number of nitrogen functional groups attached to an aromatic ring is 1. The van der Waals surface area contributed by atoms with E-state index in [2.05, 4.69) is 10.3 Å². The van der Waals surface area contributed by atoms with Crippen LogP contribution in [0.2, 0.25) is 0 Å². The van der Waals surface area contributed by atoms with Crippen molar-refractivity contribution in [2.45, 2.75) is 13.5 Å². The van der Waals surface area contributed by atoms with Gasteiger partial charge in [-0.15, -0.1) is 22.7 Å². The van der Waals surface area contributed by atoms with Gasteiger partial charge in [0.2, 0.25) is 0 Å². The topological polar surface area (TPSA) is 68.0 Å². The molecule has 3 N–H and O–H groups in total. The molecule has 3 aromatic rings. The van der Waals surface area contributed by atoms with E-state index < -0.39 is 0 Å². The first-order chi connectivity index (χ1) is 9.66. The number of amides is 1. The van der Waals surface area contributed by atoms with Gasteiger partial charge in [-0.05, 0) is 12.5 Å². The lowest BCUT2D eigenvalue weighted by Gasteiger charge is -2.01. The molecule has 3 rings (SSSR count). The van der Waals surface area contributed by atoms with Gasteiger partial charge >= 0.3 is 0 Å². The molecule has 0 radical (unpaired) electrons. The Bertz CT molecular complexity index is 762. The van der Waals surface area contributed by atoms with Crippen molar-refractivity contribution in [1.29, 1.82) is 0 Å². The summed E-state index contributed by atoms with van der Waals surface area (Å²) >= 11 is 2.96. The SMILES string of the molecule is Cc1cccc2c(N)c(C(=O)NCc3nccs3)sc12. The molecule has 1 aromatic carbocycles. The summed E-state index contributed by atoms with van der Waals surface area (Å²) in [6.45, 7) is 2.46. The van der Waals surface area contributed by atoms with Crippen LogP contribution in [0, 0.1) is 6.92 Å².